The monoisotopic (exact) mass is 317 g/mol. The summed E-state index contributed by atoms with van der Waals surface area (Å²) in [4.78, 5) is 5.30. The standard InChI is InChI=1S/C8H11BrF3N3S/c1-2-4-15(5-3-9)7-13-6(14-16-7)8(10,11)12/h2-5H2,1H3. The smallest absolute Gasteiger partial charge is 0.346 e. The van der Waals surface area contributed by atoms with Crippen LogP contribution in [-0.2, 0) is 6.18 Å². The summed E-state index contributed by atoms with van der Waals surface area (Å²) in [5.74, 6) is -1.05. The Morgan fingerprint density at radius 1 is 1.38 bits per heavy atom. The van der Waals surface area contributed by atoms with E-state index in [0.29, 0.717) is 23.6 Å². The van der Waals surface area contributed by atoms with Gasteiger partial charge in [0.05, 0.1) is 0 Å². The summed E-state index contributed by atoms with van der Waals surface area (Å²) in [7, 11) is 0. The number of alkyl halides is 4. The molecule has 0 aromatic carbocycles. The molecule has 1 heterocycles. The molecule has 1 rings (SSSR count). The predicted octanol–water partition coefficient (Wildman–Crippen LogP) is 3.17. The Morgan fingerprint density at radius 3 is 2.50 bits per heavy atom. The van der Waals surface area contributed by atoms with Gasteiger partial charge in [-0.3, -0.25) is 0 Å². The fourth-order valence-corrected chi connectivity index (χ4v) is 2.30. The van der Waals surface area contributed by atoms with E-state index in [1.807, 2.05) is 6.92 Å². The summed E-state index contributed by atoms with van der Waals surface area (Å²) in [6.07, 6.45) is -3.60. The average Bonchev–Trinajstić information content (AvgIpc) is 2.65. The van der Waals surface area contributed by atoms with Gasteiger partial charge in [0.25, 0.3) is 0 Å². The highest BCUT2D eigenvalue weighted by atomic mass is 79.9. The van der Waals surface area contributed by atoms with E-state index >= 15 is 0 Å². The summed E-state index contributed by atoms with van der Waals surface area (Å²) < 4.78 is 40.2. The van der Waals surface area contributed by atoms with Gasteiger partial charge < -0.3 is 4.90 Å². The molecule has 1 aromatic rings. The number of aromatic nitrogens is 2. The van der Waals surface area contributed by atoms with Crippen LogP contribution in [0.2, 0.25) is 0 Å². The molecule has 8 heteroatoms. The molecule has 0 spiro atoms. The molecule has 16 heavy (non-hydrogen) atoms. The van der Waals surface area contributed by atoms with Gasteiger partial charge in [-0.05, 0) is 6.42 Å². The maximum atomic E-state index is 12.3. The highest BCUT2D eigenvalue weighted by Gasteiger charge is 2.36. The van der Waals surface area contributed by atoms with E-state index in [1.54, 1.807) is 4.90 Å². The van der Waals surface area contributed by atoms with Crippen molar-refractivity contribution in [2.75, 3.05) is 23.3 Å². The average molecular weight is 318 g/mol. The van der Waals surface area contributed by atoms with Crippen LogP contribution in [0.15, 0.2) is 0 Å². The van der Waals surface area contributed by atoms with Crippen molar-refractivity contribution in [3.8, 4) is 0 Å². The van der Waals surface area contributed by atoms with Crippen LogP contribution in [0.3, 0.4) is 0 Å². The first-order chi connectivity index (χ1) is 7.49. The molecule has 0 unspecified atom stereocenters. The predicted molar refractivity (Wildman–Crippen MR) is 61.2 cm³/mol. The number of hydrogen-bond acceptors (Lipinski definition) is 4. The third kappa shape index (κ3) is 3.58. The Hall–Kier alpha value is -0.370. The zero-order valence-electron chi connectivity index (χ0n) is 8.59. The minimum atomic E-state index is -4.46. The van der Waals surface area contributed by atoms with Gasteiger partial charge in [-0.1, -0.05) is 22.9 Å². The second-order valence-corrected chi connectivity index (χ2v) is 4.60. The lowest BCUT2D eigenvalue weighted by Gasteiger charge is -2.18. The number of nitrogens with zero attached hydrogens (tertiary/aromatic N) is 3. The van der Waals surface area contributed by atoms with Gasteiger partial charge >= 0.3 is 6.18 Å². The van der Waals surface area contributed by atoms with E-state index in [2.05, 4.69) is 25.3 Å². The Bertz CT molecular complexity index is 323. The van der Waals surface area contributed by atoms with Crippen molar-refractivity contribution in [1.29, 1.82) is 0 Å². The second kappa shape index (κ2) is 5.81. The molecule has 0 N–H and O–H groups in total. The van der Waals surface area contributed by atoms with Crippen molar-refractivity contribution in [2.45, 2.75) is 19.5 Å². The van der Waals surface area contributed by atoms with E-state index in [-0.39, 0.29) is 0 Å². The molecule has 0 saturated carbocycles. The Morgan fingerprint density at radius 2 is 2.06 bits per heavy atom. The van der Waals surface area contributed by atoms with Gasteiger partial charge in [-0.15, -0.1) is 0 Å². The van der Waals surface area contributed by atoms with Crippen LogP contribution in [0, 0.1) is 0 Å². The molecular formula is C8H11BrF3N3S. The van der Waals surface area contributed by atoms with E-state index < -0.39 is 12.0 Å². The van der Waals surface area contributed by atoms with Crippen LogP contribution in [-0.4, -0.2) is 27.8 Å². The molecule has 0 aliphatic heterocycles. The molecule has 0 aliphatic rings. The van der Waals surface area contributed by atoms with Crippen LogP contribution in [0.4, 0.5) is 18.3 Å². The van der Waals surface area contributed by atoms with E-state index in [1.165, 1.54) is 0 Å². The first-order valence-corrected chi connectivity index (χ1v) is 6.60. The van der Waals surface area contributed by atoms with Crippen LogP contribution in [0.1, 0.15) is 19.2 Å². The third-order valence-electron chi connectivity index (χ3n) is 1.79. The molecule has 0 radical (unpaired) electrons. The Kier molecular flexibility index (Phi) is 4.97. The topological polar surface area (TPSA) is 29.0 Å². The number of anilines is 1. The lowest BCUT2D eigenvalue weighted by atomic mass is 10.4. The molecule has 3 nitrogen and oxygen atoms in total. The molecule has 1 aromatic heterocycles. The molecule has 0 saturated heterocycles. The van der Waals surface area contributed by atoms with Gasteiger partial charge in [0.1, 0.15) is 0 Å². The fraction of sp³-hybridized carbons (Fsp3) is 0.750. The SMILES string of the molecule is CCCN(CCBr)c1nc(C(F)(F)F)ns1. The van der Waals surface area contributed by atoms with Crippen molar-refractivity contribution >= 4 is 32.6 Å². The lowest BCUT2D eigenvalue weighted by Crippen LogP contribution is -2.26. The largest absolute Gasteiger partial charge is 0.452 e. The molecule has 0 bridgehead atoms. The quantitative estimate of drug-likeness (QED) is 0.781. The van der Waals surface area contributed by atoms with Crippen LogP contribution >= 0.6 is 27.5 Å². The van der Waals surface area contributed by atoms with Crippen molar-refractivity contribution < 1.29 is 13.2 Å². The van der Waals surface area contributed by atoms with Gasteiger partial charge in [-0.25, -0.2) is 0 Å². The van der Waals surface area contributed by atoms with Crippen molar-refractivity contribution in [3.63, 3.8) is 0 Å². The van der Waals surface area contributed by atoms with E-state index in [4.69, 9.17) is 0 Å². The van der Waals surface area contributed by atoms with Crippen LogP contribution in [0.25, 0.3) is 0 Å². The summed E-state index contributed by atoms with van der Waals surface area (Å²) >= 11 is 4.04. The first kappa shape index (κ1) is 13.7. The Labute approximate surface area is 104 Å². The fourth-order valence-electron chi connectivity index (χ4n) is 1.13. The van der Waals surface area contributed by atoms with E-state index in [0.717, 1.165) is 18.0 Å². The number of rotatable bonds is 5. The molecule has 92 valence electrons. The molecule has 0 amide bonds. The summed E-state index contributed by atoms with van der Waals surface area (Å²) in [5.41, 5.74) is 0. The zero-order valence-corrected chi connectivity index (χ0v) is 11.0. The summed E-state index contributed by atoms with van der Waals surface area (Å²) in [6.45, 7) is 3.27. The minimum Gasteiger partial charge on any atom is -0.346 e. The summed E-state index contributed by atoms with van der Waals surface area (Å²) in [6, 6.07) is 0. The molecule has 0 atom stereocenters. The zero-order chi connectivity index (χ0) is 12.2. The highest BCUT2D eigenvalue weighted by Crippen LogP contribution is 2.30. The van der Waals surface area contributed by atoms with Crippen molar-refractivity contribution in [3.05, 3.63) is 5.82 Å². The van der Waals surface area contributed by atoms with Gasteiger partial charge in [0.15, 0.2) is 0 Å². The van der Waals surface area contributed by atoms with Gasteiger partial charge in [-0.2, -0.15) is 22.5 Å². The maximum Gasteiger partial charge on any atom is 0.452 e. The Balaban J connectivity index is 2.81. The highest BCUT2D eigenvalue weighted by molar-refractivity contribution is 9.09. The maximum absolute atomic E-state index is 12.3. The first-order valence-electron chi connectivity index (χ1n) is 4.70. The summed E-state index contributed by atoms with van der Waals surface area (Å²) in [5, 5.41) is 1.02. The normalized spacial score (nSPS) is 11.8. The lowest BCUT2D eigenvalue weighted by molar-refractivity contribution is -0.144. The van der Waals surface area contributed by atoms with Crippen LogP contribution in [0.5, 0.6) is 0 Å². The number of halogens is 4. The van der Waals surface area contributed by atoms with Crippen LogP contribution < -0.4 is 4.90 Å². The minimum absolute atomic E-state index is 0.327. The molecular weight excluding hydrogens is 307 g/mol. The molecule has 0 aliphatic carbocycles. The number of hydrogen-bond donors (Lipinski definition) is 0. The van der Waals surface area contributed by atoms with Gasteiger partial charge in [0.2, 0.25) is 11.0 Å². The molecule has 0 fully saturated rings. The van der Waals surface area contributed by atoms with Crippen molar-refractivity contribution in [1.82, 2.24) is 9.36 Å². The van der Waals surface area contributed by atoms with E-state index in [9.17, 15) is 13.2 Å². The van der Waals surface area contributed by atoms with Crippen molar-refractivity contribution in [2.24, 2.45) is 0 Å². The van der Waals surface area contributed by atoms with Gasteiger partial charge in [0, 0.05) is 30.0 Å². The second-order valence-electron chi connectivity index (χ2n) is 3.07. The third-order valence-corrected chi connectivity index (χ3v) is 2.92.